The van der Waals surface area contributed by atoms with Gasteiger partial charge in [-0.3, -0.25) is 4.79 Å². The number of halogens is 1. The molecule has 1 aliphatic rings. The first-order valence-electron chi connectivity index (χ1n) is 6.73. The third-order valence-electron chi connectivity index (χ3n) is 3.88. The van der Waals surface area contributed by atoms with E-state index in [9.17, 15) is 4.79 Å². The van der Waals surface area contributed by atoms with Crippen LogP contribution in [0, 0.1) is 0 Å². The Morgan fingerprint density at radius 2 is 2.15 bits per heavy atom. The van der Waals surface area contributed by atoms with E-state index in [0.717, 1.165) is 15.4 Å². The van der Waals surface area contributed by atoms with Crippen LogP contribution in [0.2, 0.25) is 0 Å². The standard InChI is InChI=1S/C15H17BrN2O2/c1-10-9-20-8-7-18(10)15(19)14-13(16)11-5-3-4-6-12(11)17(14)2/h3-6,10H,7-9H2,1-2H3/t10-/m0/s1. The lowest BCUT2D eigenvalue weighted by Crippen LogP contribution is -2.47. The third-order valence-corrected chi connectivity index (χ3v) is 4.68. The summed E-state index contributed by atoms with van der Waals surface area (Å²) in [5.41, 5.74) is 1.77. The molecule has 1 aliphatic heterocycles. The topological polar surface area (TPSA) is 34.5 Å². The van der Waals surface area contributed by atoms with Crippen molar-refractivity contribution in [2.75, 3.05) is 19.8 Å². The molecule has 0 radical (unpaired) electrons. The van der Waals surface area contributed by atoms with Crippen LogP contribution in [0.1, 0.15) is 17.4 Å². The predicted molar refractivity (Wildman–Crippen MR) is 81.9 cm³/mol. The highest BCUT2D eigenvalue weighted by atomic mass is 79.9. The SMILES string of the molecule is C[C@H]1COCCN1C(=O)c1c(Br)c2ccccc2n1C. The molecule has 0 N–H and O–H groups in total. The quantitative estimate of drug-likeness (QED) is 0.802. The minimum absolute atomic E-state index is 0.0615. The molecule has 0 saturated carbocycles. The summed E-state index contributed by atoms with van der Waals surface area (Å²) in [4.78, 5) is 14.7. The van der Waals surface area contributed by atoms with Gasteiger partial charge in [0.25, 0.3) is 5.91 Å². The van der Waals surface area contributed by atoms with Crippen molar-refractivity contribution < 1.29 is 9.53 Å². The van der Waals surface area contributed by atoms with Gasteiger partial charge in [-0.25, -0.2) is 0 Å². The number of nitrogens with zero attached hydrogens (tertiary/aromatic N) is 2. The second-order valence-electron chi connectivity index (χ2n) is 5.16. The zero-order chi connectivity index (χ0) is 14.3. The molecular formula is C15H17BrN2O2. The van der Waals surface area contributed by atoms with Crippen molar-refractivity contribution in [2.24, 2.45) is 7.05 Å². The van der Waals surface area contributed by atoms with E-state index >= 15 is 0 Å². The second-order valence-corrected chi connectivity index (χ2v) is 5.95. The molecule has 1 aromatic heterocycles. The van der Waals surface area contributed by atoms with E-state index in [1.807, 2.05) is 47.7 Å². The van der Waals surface area contributed by atoms with Crippen LogP contribution in [0.15, 0.2) is 28.7 Å². The molecule has 1 aromatic carbocycles. The second kappa shape index (κ2) is 5.22. The van der Waals surface area contributed by atoms with Gasteiger partial charge < -0.3 is 14.2 Å². The van der Waals surface area contributed by atoms with E-state index in [0.29, 0.717) is 25.5 Å². The summed E-state index contributed by atoms with van der Waals surface area (Å²) in [6.45, 7) is 3.88. The van der Waals surface area contributed by atoms with Gasteiger partial charge in [-0.1, -0.05) is 18.2 Å². The number of carbonyl (C=O) groups excluding carboxylic acids is 1. The average Bonchev–Trinajstić information content (AvgIpc) is 2.71. The van der Waals surface area contributed by atoms with Crippen LogP contribution in [-0.4, -0.2) is 41.2 Å². The minimum Gasteiger partial charge on any atom is -0.377 e. The molecule has 4 nitrogen and oxygen atoms in total. The highest BCUT2D eigenvalue weighted by molar-refractivity contribution is 9.10. The molecule has 1 amide bonds. The number of benzene rings is 1. The normalized spacial score (nSPS) is 19.6. The number of hydrogen-bond donors (Lipinski definition) is 0. The van der Waals surface area contributed by atoms with Gasteiger partial charge in [-0.05, 0) is 28.9 Å². The molecule has 0 spiro atoms. The number of fused-ring (bicyclic) bond motifs is 1. The number of carbonyl (C=O) groups is 1. The number of ether oxygens (including phenoxy) is 1. The van der Waals surface area contributed by atoms with Crippen molar-refractivity contribution in [3.63, 3.8) is 0 Å². The van der Waals surface area contributed by atoms with Crippen molar-refractivity contribution in [3.8, 4) is 0 Å². The monoisotopic (exact) mass is 336 g/mol. The molecule has 2 heterocycles. The molecule has 1 saturated heterocycles. The highest BCUT2D eigenvalue weighted by Crippen LogP contribution is 2.31. The van der Waals surface area contributed by atoms with Crippen LogP contribution in [0.4, 0.5) is 0 Å². The summed E-state index contributed by atoms with van der Waals surface area (Å²) in [6.07, 6.45) is 0. The molecule has 1 atom stereocenters. The number of rotatable bonds is 1. The van der Waals surface area contributed by atoms with Gasteiger partial charge in [0.05, 0.1) is 23.7 Å². The van der Waals surface area contributed by atoms with Gasteiger partial charge in [0.15, 0.2) is 0 Å². The van der Waals surface area contributed by atoms with Gasteiger partial charge in [0.1, 0.15) is 5.69 Å². The van der Waals surface area contributed by atoms with Gasteiger partial charge in [0, 0.05) is 24.5 Å². The van der Waals surface area contributed by atoms with Crippen LogP contribution in [-0.2, 0) is 11.8 Å². The molecule has 1 fully saturated rings. The molecule has 5 heteroatoms. The Labute approximate surface area is 126 Å². The van der Waals surface area contributed by atoms with E-state index in [4.69, 9.17) is 4.74 Å². The van der Waals surface area contributed by atoms with Gasteiger partial charge in [-0.2, -0.15) is 0 Å². The number of amides is 1. The van der Waals surface area contributed by atoms with Gasteiger partial charge in [0.2, 0.25) is 0 Å². The van der Waals surface area contributed by atoms with Gasteiger partial charge >= 0.3 is 0 Å². The number of aryl methyl sites for hydroxylation is 1. The lowest BCUT2D eigenvalue weighted by Gasteiger charge is -2.33. The fourth-order valence-electron chi connectivity index (χ4n) is 2.75. The van der Waals surface area contributed by atoms with Crippen molar-refractivity contribution in [1.82, 2.24) is 9.47 Å². The first-order valence-corrected chi connectivity index (χ1v) is 7.52. The van der Waals surface area contributed by atoms with Gasteiger partial charge in [-0.15, -0.1) is 0 Å². The molecule has 3 rings (SSSR count). The van der Waals surface area contributed by atoms with E-state index in [1.165, 1.54) is 0 Å². The van der Waals surface area contributed by atoms with Crippen LogP contribution in [0.3, 0.4) is 0 Å². The van der Waals surface area contributed by atoms with Crippen LogP contribution in [0.5, 0.6) is 0 Å². The largest absolute Gasteiger partial charge is 0.377 e. The van der Waals surface area contributed by atoms with E-state index in [2.05, 4.69) is 15.9 Å². The summed E-state index contributed by atoms with van der Waals surface area (Å²) >= 11 is 3.59. The van der Waals surface area contributed by atoms with Crippen molar-refractivity contribution in [2.45, 2.75) is 13.0 Å². The lowest BCUT2D eigenvalue weighted by molar-refractivity contribution is 0.00305. The Balaban J connectivity index is 2.07. The molecule has 0 bridgehead atoms. The fourth-order valence-corrected chi connectivity index (χ4v) is 3.52. The third kappa shape index (κ3) is 2.05. The van der Waals surface area contributed by atoms with Crippen molar-refractivity contribution in [1.29, 1.82) is 0 Å². The summed E-state index contributed by atoms with van der Waals surface area (Å²) < 4.78 is 8.24. The van der Waals surface area contributed by atoms with Crippen molar-refractivity contribution >= 4 is 32.7 Å². The summed E-state index contributed by atoms with van der Waals surface area (Å²) in [5, 5.41) is 1.07. The fraction of sp³-hybridized carbons (Fsp3) is 0.400. The molecule has 0 aliphatic carbocycles. The van der Waals surface area contributed by atoms with Crippen LogP contribution >= 0.6 is 15.9 Å². The van der Waals surface area contributed by atoms with Crippen LogP contribution in [0.25, 0.3) is 10.9 Å². The molecule has 20 heavy (non-hydrogen) atoms. The molecule has 106 valence electrons. The Morgan fingerprint density at radius 3 is 2.85 bits per heavy atom. The Kier molecular flexibility index (Phi) is 3.56. The average molecular weight is 337 g/mol. The summed E-state index contributed by atoms with van der Waals surface area (Å²) in [7, 11) is 1.94. The molecule has 2 aromatic rings. The minimum atomic E-state index is 0.0615. The number of aromatic nitrogens is 1. The predicted octanol–water partition coefficient (Wildman–Crippen LogP) is 2.80. The first kappa shape index (κ1) is 13.6. The molecule has 0 unspecified atom stereocenters. The Morgan fingerprint density at radius 1 is 1.40 bits per heavy atom. The maximum Gasteiger partial charge on any atom is 0.272 e. The Bertz CT molecular complexity index is 626. The van der Waals surface area contributed by atoms with Crippen LogP contribution < -0.4 is 0 Å². The number of para-hydroxylation sites is 1. The number of hydrogen-bond acceptors (Lipinski definition) is 2. The van der Waals surface area contributed by atoms with E-state index in [1.54, 1.807) is 0 Å². The number of morpholine rings is 1. The zero-order valence-corrected chi connectivity index (χ0v) is 13.2. The molecular weight excluding hydrogens is 320 g/mol. The maximum absolute atomic E-state index is 12.8. The summed E-state index contributed by atoms with van der Waals surface area (Å²) in [6, 6.07) is 8.14. The van der Waals surface area contributed by atoms with E-state index < -0.39 is 0 Å². The summed E-state index contributed by atoms with van der Waals surface area (Å²) in [5.74, 6) is 0.0615. The highest BCUT2D eigenvalue weighted by Gasteiger charge is 2.29. The van der Waals surface area contributed by atoms with Crippen molar-refractivity contribution in [3.05, 3.63) is 34.4 Å². The maximum atomic E-state index is 12.8. The lowest BCUT2D eigenvalue weighted by atomic mass is 10.2. The zero-order valence-electron chi connectivity index (χ0n) is 11.6. The smallest absolute Gasteiger partial charge is 0.272 e. The first-order chi connectivity index (χ1) is 9.61. The van der Waals surface area contributed by atoms with E-state index in [-0.39, 0.29) is 11.9 Å². The Hall–Kier alpha value is -1.33.